The molecule has 0 N–H and O–H groups in total. The molecule has 0 aliphatic carbocycles. The Hall–Kier alpha value is -2.96. The van der Waals surface area contributed by atoms with Crippen LogP contribution < -0.4 is 0 Å². The van der Waals surface area contributed by atoms with Gasteiger partial charge in [-0.05, 0) is 41.5 Å². The summed E-state index contributed by atoms with van der Waals surface area (Å²) in [6.07, 6.45) is 12.5. The first-order valence-corrected chi connectivity index (χ1v) is 15.3. The zero-order valence-electron chi connectivity index (χ0n) is 24.6. The Bertz CT molecular complexity index is 1300. The number of rotatable bonds is 15. The van der Waals surface area contributed by atoms with Crippen molar-refractivity contribution in [3.05, 3.63) is 95.6 Å². The van der Waals surface area contributed by atoms with E-state index in [9.17, 15) is 4.39 Å². The Balaban J connectivity index is 1.38. The highest BCUT2D eigenvalue weighted by Crippen LogP contribution is 2.34. The van der Waals surface area contributed by atoms with Crippen molar-refractivity contribution in [1.29, 1.82) is 0 Å². The molecule has 1 fully saturated rings. The first-order chi connectivity index (χ1) is 20.4. The molecule has 3 aromatic carbocycles. The third-order valence-electron chi connectivity index (χ3n) is 8.09. The maximum absolute atomic E-state index is 15.2. The zero-order chi connectivity index (χ0) is 29.9. The largest absolute Gasteiger partial charge is 0.352 e. The van der Waals surface area contributed by atoms with Crippen molar-refractivity contribution in [2.75, 3.05) is 13.2 Å². The molecular weight excluding hydrogens is 540 g/mol. The summed E-state index contributed by atoms with van der Waals surface area (Å²) in [7, 11) is 0. The minimum atomic E-state index is -0.962. The molecule has 1 aliphatic rings. The molecule has 1 aliphatic heterocycles. The second kappa shape index (κ2) is 16.0. The van der Waals surface area contributed by atoms with Gasteiger partial charge in [0.2, 0.25) is 0 Å². The van der Waals surface area contributed by atoms with Crippen molar-refractivity contribution in [2.45, 2.75) is 89.8 Å². The normalized spacial score (nSPS) is 17.0. The number of benzene rings is 3. The highest BCUT2D eigenvalue weighted by Gasteiger charge is 2.27. The highest BCUT2D eigenvalue weighted by atomic mass is 19.2. The highest BCUT2D eigenvalue weighted by molar-refractivity contribution is 5.71. The van der Waals surface area contributed by atoms with E-state index in [1.807, 2.05) is 0 Å². The van der Waals surface area contributed by atoms with Crippen LogP contribution >= 0.6 is 0 Å². The van der Waals surface area contributed by atoms with Crippen molar-refractivity contribution in [1.82, 2.24) is 0 Å². The molecule has 0 atom stereocenters. The van der Waals surface area contributed by atoms with E-state index in [-0.39, 0.29) is 36.2 Å². The molecule has 0 saturated carbocycles. The summed E-state index contributed by atoms with van der Waals surface area (Å²) >= 11 is 0. The predicted octanol–water partition coefficient (Wildman–Crippen LogP) is 10.7. The smallest absolute Gasteiger partial charge is 0.166 e. The van der Waals surface area contributed by atoms with Gasteiger partial charge in [-0.15, -0.1) is 6.58 Å². The Morgan fingerprint density at radius 2 is 1.24 bits per heavy atom. The van der Waals surface area contributed by atoms with Crippen molar-refractivity contribution >= 4 is 0 Å². The minimum Gasteiger partial charge on any atom is -0.352 e. The summed E-state index contributed by atoms with van der Waals surface area (Å²) in [5, 5.41) is 0. The molecular formula is C36H42F4O2. The van der Waals surface area contributed by atoms with Crippen LogP contribution in [0.5, 0.6) is 0 Å². The maximum Gasteiger partial charge on any atom is 0.166 e. The number of halogens is 4. The van der Waals surface area contributed by atoms with Crippen LogP contribution in [0.4, 0.5) is 17.6 Å². The lowest BCUT2D eigenvalue weighted by Crippen LogP contribution is -2.31. The molecule has 1 heterocycles. The molecule has 226 valence electrons. The van der Waals surface area contributed by atoms with E-state index in [1.165, 1.54) is 38.2 Å². The zero-order valence-corrected chi connectivity index (χ0v) is 24.6. The summed E-state index contributed by atoms with van der Waals surface area (Å²) in [4.78, 5) is 0. The van der Waals surface area contributed by atoms with Crippen LogP contribution in [0.1, 0.15) is 88.2 Å². The molecule has 0 aromatic heterocycles. The first kappa shape index (κ1) is 32.0. The monoisotopic (exact) mass is 582 g/mol. The van der Waals surface area contributed by atoms with Crippen molar-refractivity contribution < 1.29 is 27.0 Å². The fourth-order valence-electron chi connectivity index (χ4n) is 5.53. The molecule has 0 unspecified atom stereocenters. The molecule has 6 heteroatoms. The molecule has 42 heavy (non-hydrogen) atoms. The van der Waals surface area contributed by atoms with Crippen LogP contribution in [0.3, 0.4) is 0 Å². The average Bonchev–Trinajstić information content (AvgIpc) is 3.01. The lowest BCUT2D eigenvalue weighted by Gasteiger charge is -2.30. The van der Waals surface area contributed by atoms with Gasteiger partial charge in [0.1, 0.15) is 0 Å². The van der Waals surface area contributed by atoms with Gasteiger partial charge in [0.25, 0.3) is 0 Å². The maximum atomic E-state index is 15.2. The van der Waals surface area contributed by atoms with E-state index in [0.29, 0.717) is 29.5 Å². The number of ether oxygens (including phenoxy) is 2. The number of hydrogen-bond acceptors (Lipinski definition) is 2. The number of allylic oxidation sites excluding steroid dienone is 1. The van der Waals surface area contributed by atoms with Crippen LogP contribution in [0, 0.1) is 23.3 Å². The Kier molecular flexibility index (Phi) is 12.2. The predicted molar refractivity (Wildman–Crippen MR) is 161 cm³/mol. The molecule has 0 spiro atoms. The molecule has 0 bridgehead atoms. The van der Waals surface area contributed by atoms with Crippen LogP contribution in [-0.4, -0.2) is 19.5 Å². The van der Waals surface area contributed by atoms with E-state index in [4.69, 9.17) is 9.47 Å². The van der Waals surface area contributed by atoms with Crippen LogP contribution in [0.2, 0.25) is 0 Å². The molecule has 3 aromatic rings. The van der Waals surface area contributed by atoms with E-state index in [0.717, 1.165) is 25.7 Å². The molecule has 1 saturated heterocycles. The van der Waals surface area contributed by atoms with Gasteiger partial charge in [0.15, 0.2) is 29.6 Å². The van der Waals surface area contributed by atoms with Gasteiger partial charge in [0.05, 0.1) is 13.2 Å². The number of unbranched alkanes of at least 4 members (excludes halogenated alkanes) is 7. The summed E-state index contributed by atoms with van der Waals surface area (Å²) in [6.45, 7) is 6.36. The minimum absolute atomic E-state index is 0.0941. The second-order valence-corrected chi connectivity index (χ2v) is 11.2. The number of hydrogen-bond donors (Lipinski definition) is 0. The van der Waals surface area contributed by atoms with Gasteiger partial charge in [-0.2, -0.15) is 0 Å². The van der Waals surface area contributed by atoms with E-state index < -0.39 is 29.2 Å². The third kappa shape index (κ3) is 8.11. The summed E-state index contributed by atoms with van der Waals surface area (Å²) < 4.78 is 71.5. The van der Waals surface area contributed by atoms with Gasteiger partial charge in [-0.25, -0.2) is 17.6 Å². The first-order valence-electron chi connectivity index (χ1n) is 15.3. The standard InChI is InChI=1S/C36H42F4O2/c1-3-5-7-8-9-10-11-12-13-27-19-20-29(34(38)33(27)37)25-15-17-26(18-16-25)30-21-22-31(36(40)35(30)39)28-23-41-32(42-24-28)14-6-4-2/h4,15-22,28,32H,2-3,5-14,23-24H2,1H3. The second-order valence-electron chi connectivity index (χ2n) is 11.2. The van der Waals surface area contributed by atoms with Gasteiger partial charge < -0.3 is 9.47 Å². The van der Waals surface area contributed by atoms with Crippen LogP contribution in [0.15, 0.2) is 61.2 Å². The van der Waals surface area contributed by atoms with E-state index >= 15 is 13.2 Å². The van der Waals surface area contributed by atoms with Crippen molar-refractivity contribution in [3.8, 4) is 22.3 Å². The van der Waals surface area contributed by atoms with Crippen LogP contribution in [0.25, 0.3) is 22.3 Å². The fourth-order valence-corrected chi connectivity index (χ4v) is 5.53. The quantitative estimate of drug-likeness (QED) is 0.101. The lowest BCUT2D eigenvalue weighted by atomic mass is 9.94. The Morgan fingerprint density at radius 1 is 0.690 bits per heavy atom. The van der Waals surface area contributed by atoms with E-state index in [1.54, 1.807) is 48.5 Å². The Morgan fingerprint density at radius 3 is 1.83 bits per heavy atom. The van der Waals surface area contributed by atoms with Crippen molar-refractivity contribution in [3.63, 3.8) is 0 Å². The van der Waals surface area contributed by atoms with Gasteiger partial charge in [-0.3, -0.25) is 0 Å². The third-order valence-corrected chi connectivity index (χ3v) is 8.09. The van der Waals surface area contributed by atoms with Gasteiger partial charge >= 0.3 is 0 Å². The van der Waals surface area contributed by atoms with Gasteiger partial charge in [0, 0.05) is 23.5 Å². The van der Waals surface area contributed by atoms with Gasteiger partial charge in [-0.1, -0.05) is 106 Å². The Labute approximate surface area is 247 Å². The fraction of sp³-hybridized carbons (Fsp3) is 0.444. The molecule has 2 nitrogen and oxygen atoms in total. The number of aryl methyl sites for hydroxylation is 1. The van der Waals surface area contributed by atoms with Crippen LogP contribution in [-0.2, 0) is 15.9 Å². The topological polar surface area (TPSA) is 18.5 Å². The summed E-state index contributed by atoms with van der Waals surface area (Å²) in [5.74, 6) is -4.00. The SMILES string of the molecule is C=CCCC1OCC(c2ccc(-c3ccc(-c4ccc(CCCCCCCCCC)c(F)c4F)cc3)c(F)c2F)CO1. The van der Waals surface area contributed by atoms with Crippen molar-refractivity contribution in [2.24, 2.45) is 0 Å². The summed E-state index contributed by atoms with van der Waals surface area (Å²) in [5.41, 5.74) is 1.74. The summed E-state index contributed by atoms with van der Waals surface area (Å²) in [6, 6.07) is 12.7. The molecule has 0 amide bonds. The molecule has 4 rings (SSSR count). The molecule has 0 radical (unpaired) electrons. The van der Waals surface area contributed by atoms with E-state index in [2.05, 4.69) is 13.5 Å². The average molecular weight is 583 g/mol. The lowest BCUT2D eigenvalue weighted by molar-refractivity contribution is -0.189.